The topological polar surface area (TPSA) is 78.7 Å². The normalized spacial score (nSPS) is 15.1. The van der Waals surface area contributed by atoms with Gasteiger partial charge in [0.1, 0.15) is 0 Å². The minimum atomic E-state index is -4.39. The molecule has 1 aliphatic rings. The van der Waals surface area contributed by atoms with Crippen LogP contribution in [-0.2, 0) is 11.0 Å². The summed E-state index contributed by atoms with van der Waals surface area (Å²) in [5.74, 6) is -0.300. The molecule has 0 spiro atoms. The van der Waals surface area contributed by atoms with Gasteiger partial charge in [0.2, 0.25) is 5.91 Å². The van der Waals surface area contributed by atoms with Gasteiger partial charge in [-0.3, -0.25) is 19.8 Å². The van der Waals surface area contributed by atoms with Gasteiger partial charge in [-0.05, 0) is 31.2 Å². The summed E-state index contributed by atoms with van der Waals surface area (Å²) >= 11 is 0. The zero-order valence-corrected chi connectivity index (χ0v) is 16.3. The van der Waals surface area contributed by atoms with Crippen LogP contribution >= 0.6 is 0 Å². The minimum Gasteiger partial charge on any atom is -0.369 e. The van der Waals surface area contributed by atoms with E-state index >= 15 is 0 Å². The molecule has 0 unspecified atom stereocenters. The average Bonchev–Trinajstić information content (AvgIpc) is 2.69. The Balaban J connectivity index is 1.56. The number of amides is 1. The highest BCUT2D eigenvalue weighted by atomic mass is 19.4. The predicted octanol–water partition coefficient (Wildman–Crippen LogP) is 3.68. The Morgan fingerprint density at radius 2 is 1.80 bits per heavy atom. The minimum absolute atomic E-state index is 0.0671. The first-order chi connectivity index (χ1) is 14.1. The van der Waals surface area contributed by atoms with Crippen LogP contribution in [0.3, 0.4) is 0 Å². The molecule has 1 N–H and O–H groups in total. The van der Waals surface area contributed by atoms with E-state index in [9.17, 15) is 28.1 Å². The van der Waals surface area contributed by atoms with E-state index in [2.05, 4.69) is 5.32 Å². The fourth-order valence-electron chi connectivity index (χ4n) is 3.39. The van der Waals surface area contributed by atoms with E-state index in [0.29, 0.717) is 43.1 Å². The standard InChI is InChI=1S/C20H21F3N4O3/c1-14-17(6-3-7-18(14)27(29)30)24-19(28)13-25-8-10-26(11-9-25)16-5-2-4-15(12-16)20(21,22)23/h2-7,12H,8-11,13H2,1H3,(H,24,28). The Labute approximate surface area is 171 Å². The molecule has 0 bridgehead atoms. The van der Waals surface area contributed by atoms with Crippen LogP contribution in [0.1, 0.15) is 11.1 Å². The Hall–Kier alpha value is -3.14. The van der Waals surface area contributed by atoms with Crippen LogP contribution in [-0.4, -0.2) is 48.5 Å². The lowest BCUT2D eigenvalue weighted by Crippen LogP contribution is -2.48. The van der Waals surface area contributed by atoms with Crippen molar-refractivity contribution in [2.24, 2.45) is 0 Å². The number of piperazine rings is 1. The molecule has 160 valence electrons. The van der Waals surface area contributed by atoms with Gasteiger partial charge in [0, 0.05) is 37.9 Å². The highest BCUT2D eigenvalue weighted by molar-refractivity contribution is 5.93. The number of nitrogens with one attached hydrogen (secondary N) is 1. The van der Waals surface area contributed by atoms with E-state index in [4.69, 9.17) is 0 Å². The van der Waals surface area contributed by atoms with E-state index in [-0.39, 0.29) is 18.1 Å². The molecule has 1 fully saturated rings. The zero-order valence-electron chi connectivity index (χ0n) is 16.3. The number of alkyl halides is 3. The van der Waals surface area contributed by atoms with E-state index in [1.54, 1.807) is 19.1 Å². The molecular formula is C20H21F3N4O3. The summed E-state index contributed by atoms with van der Waals surface area (Å²) in [6.45, 7) is 3.67. The number of rotatable bonds is 5. The molecule has 0 atom stereocenters. The van der Waals surface area contributed by atoms with E-state index in [0.717, 1.165) is 12.1 Å². The number of carbonyl (C=O) groups is 1. The van der Waals surface area contributed by atoms with Crippen molar-refractivity contribution in [1.29, 1.82) is 0 Å². The molecule has 1 aliphatic heterocycles. The van der Waals surface area contributed by atoms with E-state index in [1.165, 1.54) is 18.2 Å². The fourth-order valence-corrected chi connectivity index (χ4v) is 3.39. The molecule has 0 saturated carbocycles. The Kier molecular flexibility index (Phi) is 6.25. The maximum atomic E-state index is 12.9. The van der Waals surface area contributed by atoms with Crippen molar-refractivity contribution in [2.45, 2.75) is 13.1 Å². The van der Waals surface area contributed by atoms with Crippen molar-refractivity contribution in [1.82, 2.24) is 4.90 Å². The summed E-state index contributed by atoms with van der Waals surface area (Å²) in [6.07, 6.45) is -4.39. The molecule has 10 heteroatoms. The number of benzene rings is 2. The maximum Gasteiger partial charge on any atom is 0.416 e. The molecule has 0 radical (unpaired) electrons. The lowest BCUT2D eigenvalue weighted by atomic mass is 10.1. The Bertz CT molecular complexity index is 941. The monoisotopic (exact) mass is 422 g/mol. The van der Waals surface area contributed by atoms with Crippen molar-refractivity contribution in [3.63, 3.8) is 0 Å². The Morgan fingerprint density at radius 1 is 1.13 bits per heavy atom. The number of carbonyl (C=O) groups excluding carboxylic acids is 1. The summed E-state index contributed by atoms with van der Waals surface area (Å²) in [5, 5.41) is 13.7. The first-order valence-electron chi connectivity index (χ1n) is 9.33. The van der Waals surface area contributed by atoms with Crippen LogP contribution in [0.25, 0.3) is 0 Å². The number of hydrogen-bond acceptors (Lipinski definition) is 5. The lowest BCUT2D eigenvalue weighted by Gasteiger charge is -2.36. The van der Waals surface area contributed by atoms with Crippen molar-refractivity contribution in [3.8, 4) is 0 Å². The number of anilines is 2. The molecular weight excluding hydrogens is 401 g/mol. The molecule has 1 amide bonds. The first-order valence-corrected chi connectivity index (χ1v) is 9.33. The third-order valence-corrected chi connectivity index (χ3v) is 5.05. The fraction of sp³-hybridized carbons (Fsp3) is 0.350. The van der Waals surface area contributed by atoms with Crippen molar-refractivity contribution in [2.75, 3.05) is 42.9 Å². The van der Waals surface area contributed by atoms with Gasteiger partial charge in [0.25, 0.3) is 5.69 Å². The van der Waals surface area contributed by atoms with Gasteiger partial charge in [-0.1, -0.05) is 12.1 Å². The first kappa shape index (κ1) is 21.6. The van der Waals surface area contributed by atoms with Crippen LogP contribution in [0.5, 0.6) is 0 Å². The molecule has 2 aromatic carbocycles. The third kappa shape index (κ3) is 5.07. The van der Waals surface area contributed by atoms with Gasteiger partial charge in [-0.15, -0.1) is 0 Å². The third-order valence-electron chi connectivity index (χ3n) is 5.05. The van der Waals surface area contributed by atoms with Gasteiger partial charge in [-0.25, -0.2) is 0 Å². The van der Waals surface area contributed by atoms with Crippen LogP contribution < -0.4 is 10.2 Å². The van der Waals surface area contributed by atoms with Gasteiger partial charge >= 0.3 is 6.18 Å². The van der Waals surface area contributed by atoms with Gasteiger partial charge in [0.15, 0.2) is 0 Å². The van der Waals surface area contributed by atoms with Crippen molar-refractivity contribution in [3.05, 3.63) is 63.7 Å². The second kappa shape index (κ2) is 8.70. The van der Waals surface area contributed by atoms with Crippen LogP contribution in [0.2, 0.25) is 0 Å². The van der Waals surface area contributed by atoms with E-state index in [1.807, 2.05) is 9.80 Å². The molecule has 1 heterocycles. The summed E-state index contributed by atoms with van der Waals surface area (Å²) in [7, 11) is 0. The Morgan fingerprint density at radius 3 is 2.43 bits per heavy atom. The molecule has 0 aliphatic carbocycles. The maximum absolute atomic E-state index is 12.9. The molecule has 1 saturated heterocycles. The van der Waals surface area contributed by atoms with Crippen molar-refractivity contribution < 1.29 is 22.9 Å². The summed E-state index contributed by atoms with van der Waals surface area (Å²) < 4.78 is 38.7. The highest BCUT2D eigenvalue weighted by Crippen LogP contribution is 2.32. The molecule has 30 heavy (non-hydrogen) atoms. The molecule has 2 aromatic rings. The number of halogens is 3. The van der Waals surface area contributed by atoms with E-state index < -0.39 is 16.7 Å². The van der Waals surface area contributed by atoms with Crippen LogP contribution in [0.15, 0.2) is 42.5 Å². The molecule has 3 rings (SSSR count). The lowest BCUT2D eigenvalue weighted by molar-refractivity contribution is -0.385. The second-order valence-electron chi connectivity index (χ2n) is 7.07. The smallest absolute Gasteiger partial charge is 0.369 e. The van der Waals surface area contributed by atoms with Gasteiger partial charge in [0.05, 0.1) is 28.3 Å². The van der Waals surface area contributed by atoms with Crippen molar-refractivity contribution >= 4 is 23.0 Å². The second-order valence-corrected chi connectivity index (χ2v) is 7.07. The SMILES string of the molecule is Cc1c(NC(=O)CN2CCN(c3cccc(C(F)(F)F)c3)CC2)cccc1[N+](=O)[O-]. The zero-order chi connectivity index (χ0) is 21.9. The summed E-state index contributed by atoms with van der Waals surface area (Å²) in [6, 6.07) is 9.69. The highest BCUT2D eigenvalue weighted by Gasteiger charge is 2.31. The average molecular weight is 422 g/mol. The number of nitro groups is 1. The predicted molar refractivity (Wildman–Crippen MR) is 107 cm³/mol. The summed E-state index contributed by atoms with van der Waals surface area (Å²) in [4.78, 5) is 26.6. The number of nitro benzene ring substituents is 1. The summed E-state index contributed by atoms with van der Waals surface area (Å²) in [5.41, 5.74) is 0.514. The molecule has 0 aromatic heterocycles. The van der Waals surface area contributed by atoms with Crippen LogP contribution in [0.4, 0.5) is 30.2 Å². The van der Waals surface area contributed by atoms with Gasteiger partial charge in [-0.2, -0.15) is 13.2 Å². The molecule has 7 nitrogen and oxygen atoms in total. The number of hydrogen-bond donors (Lipinski definition) is 1. The van der Waals surface area contributed by atoms with Crippen LogP contribution in [0, 0.1) is 17.0 Å². The number of nitrogens with zero attached hydrogens (tertiary/aromatic N) is 3. The largest absolute Gasteiger partial charge is 0.416 e. The van der Waals surface area contributed by atoms with Gasteiger partial charge < -0.3 is 10.2 Å². The quantitative estimate of drug-likeness (QED) is 0.588.